The van der Waals surface area contributed by atoms with Crippen molar-refractivity contribution in [3.63, 3.8) is 0 Å². The minimum Gasteiger partial charge on any atom is -0.321 e. The zero-order valence-electron chi connectivity index (χ0n) is 12.8. The summed E-state index contributed by atoms with van der Waals surface area (Å²) < 4.78 is 1.74. The highest BCUT2D eigenvalue weighted by molar-refractivity contribution is 7.20. The summed E-state index contributed by atoms with van der Waals surface area (Å²) in [5, 5.41) is 18.9. The lowest BCUT2D eigenvalue weighted by Gasteiger charge is -2.04. The highest BCUT2D eigenvalue weighted by Gasteiger charge is 2.17. The van der Waals surface area contributed by atoms with Crippen LogP contribution in [0.15, 0.2) is 24.3 Å². The van der Waals surface area contributed by atoms with Crippen molar-refractivity contribution in [1.82, 2.24) is 9.78 Å². The maximum atomic E-state index is 12.4. The lowest BCUT2D eigenvalue weighted by Crippen LogP contribution is -2.10. The number of hydrogen-bond donors (Lipinski definition) is 1. The first kappa shape index (κ1) is 15.2. The van der Waals surface area contributed by atoms with Gasteiger partial charge in [0.2, 0.25) is 0 Å². The summed E-state index contributed by atoms with van der Waals surface area (Å²) in [5.41, 5.74) is 1.80. The van der Waals surface area contributed by atoms with Crippen molar-refractivity contribution in [2.75, 3.05) is 5.32 Å². The van der Waals surface area contributed by atoms with E-state index in [1.807, 2.05) is 14.0 Å². The van der Waals surface area contributed by atoms with E-state index in [1.54, 1.807) is 29.8 Å². The van der Waals surface area contributed by atoms with Gasteiger partial charge in [0.1, 0.15) is 4.83 Å². The summed E-state index contributed by atoms with van der Waals surface area (Å²) in [6, 6.07) is 6.43. The van der Waals surface area contributed by atoms with Gasteiger partial charge in [0.25, 0.3) is 11.6 Å². The Morgan fingerprint density at radius 2 is 2.09 bits per heavy atom. The van der Waals surface area contributed by atoms with Crippen LogP contribution in [0.3, 0.4) is 0 Å². The number of fused-ring (bicyclic) bond motifs is 1. The second-order valence-electron chi connectivity index (χ2n) is 5.25. The summed E-state index contributed by atoms with van der Waals surface area (Å²) in [7, 11) is 1.83. The van der Waals surface area contributed by atoms with Crippen LogP contribution in [0.4, 0.5) is 11.4 Å². The number of nitro benzene ring substituents is 1. The number of anilines is 1. The normalized spacial score (nSPS) is 10.9. The van der Waals surface area contributed by atoms with E-state index in [0.717, 1.165) is 15.9 Å². The predicted molar refractivity (Wildman–Crippen MR) is 89.1 cm³/mol. The quantitative estimate of drug-likeness (QED) is 0.588. The van der Waals surface area contributed by atoms with E-state index in [0.29, 0.717) is 16.1 Å². The highest BCUT2D eigenvalue weighted by Crippen LogP contribution is 2.29. The molecule has 0 aliphatic heterocycles. The van der Waals surface area contributed by atoms with Gasteiger partial charge in [0, 0.05) is 29.8 Å². The molecule has 118 valence electrons. The zero-order valence-corrected chi connectivity index (χ0v) is 13.6. The van der Waals surface area contributed by atoms with Crippen LogP contribution in [0.1, 0.15) is 20.9 Å². The maximum absolute atomic E-state index is 12.4. The Hall–Kier alpha value is -2.74. The van der Waals surface area contributed by atoms with Crippen molar-refractivity contribution in [2.24, 2.45) is 7.05 Å². The SMILES string of the molecule is Cc1ccc(NC(=O)c2cc3c(C)nn(C)c3s2)cc1[N+](=O)[O-]. The molecular weight excluding hydrogens is 316 g/mol. The molecule has 1 N–H and O–H groups in total. The minimum atomic E-state index is -0.459. The van der Waals surface area contributed by atoms with Crippen LogP contribution in [0, 0.1) is 24.0 Å². The molecule has 2 aromatic heterocycles. The summed E-state index contributed by atoms with van der Waals surface area (Å²) in [6.45, 7) is 3.55. The average molecular weight is 330 g/mol. The summed E-state index contributed by atoms with van der Waals surface area (Å²) in [6.07, 6.45) is 0. The number of aromatic nitrogens is 2. The molecule has 0 unspecified atom stereocenters. The van der Waals surface area contributed by atoms with Gasteiger partial charge in [-0.25, -0.2) is 0 Å². The molecule has 23 heavy (non-hydrogen) atoms. The fourth-order valence-electron chi connectivity index (χ4n) is 2.39. The molecule has 0 aliphatic rings. The fourth-order valence-corrected chi connectivity index (χ4v) is 3.41. The van der Waals surface area contributed by atoms with Gasteiger partial charge in [-0.15, -0.1) is 11.3 Å². The van der Waals surface area contributed by atoms with E-state index in [-0.39, 0.29) is 11.6 Å². The number of nitro groups is 1. The predicted octanol–water partition coefficient (Wildman–Crippen LogP) is 3.41. The van der Waals surface area contributed by atoms with Gasteiger partial charge in [-0.3, -0.25) is 19.6 Å². The topological polar surface area (TPSA) is 90.1 Å². The third-order valence-corrected chi connectivity index (χ3v) is 4.78. The molecule has 3 aromatic rings. The lowest BCUT2D eigenvalue weighted by atomic mass is 10.2. The molecule has 0 radical (unpaired) electrons. The van der Waals surface area contributed by atoms with E-state index in [2.05, 4.69) is 10.4 Å². The fraction of sp³-hybridized carbons (Fsp3) is 0.200. The molecular formula is C15H14N4O3S. The van der Waals surface area contributed by atoms with E-state index in [1.165, 1.54) is 17.4 Å². The van der Waals surface area contributed by atoms with Crippen molar-refractivity contribution in [1.29, 1.82) is 0 Å². The molecule has 0 spiro atoms. The van der Waals surface area contributed by atoms with Gasteiger partial charge in [0.05, 0.1) is 15.5 Å². The lowest BCUT2D eigenvalue weighted by molar-refractivity contribution is -0.385. The number of carbonyl (C=O) groups is 1. The van der Waals surface area contributed by atoms with E-state index in [9.17, 15) is 14.9 Å². The van der Waals surface area contributed by atoms with Gasteiger partial charge >= 0.3 is 0 Å². The number of aryl methyl sites for hydroxylation is 3. The Labute approximate surface area is 135 Å². The molecule has 0 saturated carbocycles. The summed E-state index contributed by atoms with van der Waals surface area (Å²) in [5.74, 6) is -0.288. The van der Waals surface area contributed by atoms with Crippen LogP contribution in [-0.2, 0) is 7.05 Å². The summed E-state index contributed by atoms with van der Waals surface area (Å²) in [4.78, 5) is 24.3. The molecule has 1 aromatic carbocycles. The molecule has 3 rings (SSSR count). The Kier molecular flexibility index (Phi) is 3.61. The van der Waals surface area contributed by atoms with Crippen molar-refractivity contribution >= 4 is 38.8 Å². The van der Waals surface area contributed by atoms with Gasteiger partial charge in [-0.2, -0.15) is 5.10 Å². The number of rotatable bonds is 3. The number of nitrogens with one attached hydrogen (secondary N) is 1. The van der Waals surface area contributed by atoms with Gasteiger partial charge < -0.3 is 5.32 Å². The second kappa shape index (κ2) is 5.47. The van der Waals surface area contributed by atoms with E-state index < -0.39 is 4.92 Å². The van der Waals surface area contributed by atoms with Crippen molar-refractivity contribution in [3.8, 4) is 0 Å². The molecule has 2 heterocycles. The Morgan fingerprint density at radius 1 is 1.35 bits per heavy atom. The third kappa shape index (κ3) is 2.68. The standard InChI is InChI=1S/C15H14N4O3S/c1-8-4-5-10(6-12(8)19(21)22)16-14(20)13-7-11-9(2)17-18(3)15(11)23-13/h4-7H,1-3H3,(H,16,20). The summed E-state index contributed by atoms with van der Waals surface area (Å²) >= 11 is 1.34. The number of nitrogens with zero attached hydrogens (tertiary/aromatic N) is 3. The van der Waals surface area contributed by atoms with Crippen LogP contribution < -0.4 is 5.32 Å². The first-order chi connectivity index (χ1) is 10.9. The van der Waals surface area contributed by atoms with Gasteiger partial charge in [-0.05, 0) is 26.0 Å². The van der Waals surface area contributed by atoms with Crippen LogP contribution in [0.2, 0.25) is 0 Å². The molecule has 0 bridgehead atoms. The maximum Gasteiger partial charge on any atom is 0.274 e. The average Bonchev–Trinajstić information content (AvgIpc) is 3.03. The first-order valence-electron chi connectivity index (χ1n) is 6.86. The third-order valence-electron chi connectivity index (χ3n) is 3.58. The van der Waals surface area contributed by atoms with Gasteiger partial charge in [-0.1, -0.05) is 6.07 Å². The first-order valence-corrected chi connectivity index (χ1v) is 7.68. The minimum absolute atomic E-state index is 0.0146. The smallest absolute Gasteiger partial charge is 0.274 e. The largest absolute Gasteiger partial charge is 0.321 e. The van der Waals surface area contributed by atoms with Crippen LogP contribution in [0.25, 0.3) is 10.2 Å². The highest BCUT2D eigenvalue weighted by atomic mass is 32.1. The monoisotopic (exact) mass is 330 g/mol. The zero-order chi connectivity index (χ0) is 16.7. The number of amides is 1. The Balaban J connectivity index is 1.90. The van der Waals surface area contributed by atoms with E-state index >= 15 is 0 Å². The molecule has 0 atom stereocenters. The molecule has 7 nitrogen and oxygen atoms in total. The van der Waals surface area contributed by atoms with E-state index in [4.69, 9.17) is 0 Å². The molecule has 0 aliphatic carbocycles. The molecule has 0 saturated heterocycles. The number of benzene rings is 1. The van der Waals surface area contributed by atoms with Crippen molar-refractivity contribution in [3.05, 3.63) is 50.5 Å². The number of hydrogen-bond acceptors (Lipinski definition) is 5. The van der Waals surface area contributed by atoms with Crippen LogP contribution in [0.5, 0.6) is 0 Å². The van der Waals surface area contributed by atoms with Crippen LogP contribution in [-0.4, -0.2) is 20.6 Å². The van der Waals surface area contributed by atoms with Gasteiger partial charge in [0.15, 0.2) is 0 Å². The molecule has 1 amide bonds. The number of carbonyl (C=O) groups excluding carboxylic acids is 1. The Morgan fingerprint density at radius 3 is 2.74 bits per heavy atom. The second-order valence-corrected chi connectivity index (χ2v) is 6.28. The molecule has 8 heteroatoms. The van der Waals surface area contributed by atoms with Crippen molar-refractivity contribution in [2.45, 2.75) is 13.8 Å². The number of thiophene rings is 1. The van der Waals surface area contributed by atoms with Crippen molar-refractivity contribution < 1.29 is 9.72 Å². The molecule has 0 fully saturated rings. The van der Waals surface area contributed by atoms with Crippen LogP contribution >= 0.6 is 11.3 Å². The Bertz CT molecular complexity index is 907.